The third kappa shape index (κ3) is 3.28. The van der Waals surface area contributed by atoms with Crippen molar-refractivity contribution in [3.05, 3.63) is 29.8 Å². The van der Waals surface area contributed by atoms with Gasteiger partial charge in [-0.25, -0.2) is 4.98 Å². The molecule has 0 saturated carbocycles. The molecule has 18 heavy (non-hydrogen) atoms. The van der Waals surface area contributed by atoms with Gasteiger partial charge in [0.05, 0.1) is 11.8 Å². The summed E-state index contributed by atoms with van der Waals surface area (Å²) in [6.45, 7) is 3.97. The van der Waals surface area contributed by atoms with E-state index in [4.69, 9.17) is 0 Å². The first-order valence-corrected chi connectivity index (χ1v) is 7.46. The monoisotopic (exact) mass is 281 g/mol. The number of rotatable bonds is 5. The van der Waals surface area contributed by atoms with Gasteiger partial charge in [0.25, 0.3) is 0 Å². The van der Waals surface area contributed by atoms with Crippen LogP contribution in [0.2, 0.25) is 0 Å². The zero-order valence-electron chi connectivity index (χ0n) is 10.3. The minimum absolute atomic E-state index is 0.475. The third-order valence-corrected chi connectivity index (χ3v) is 4.22. The molecule has 0 amide bonds. The number of pyridine rings is 1. The molecule has 0 aromatic carbocycles. The zero-order chi connectivity index (χ0) is 13.0. The van der Waals surface area contributed by atoms with Gasteiger partial charge in [0, 0.05) is 17.5 Å². The van der Waals surface area contributed by atoms with Crippen LogP contribution in [0.15, 0.2) is 27.6 Å². The minimum Gasteiger partial charge on any atom is -0.387 e. The summed E-state index contributed by atoms with van der Waals surface area (Å²) in [6.07, 6.45) is 2.83. The second-order valence-electron chi connectivity index (χ2n) is 3.77. The molecule has 0 unspecified atom stereocenters. The fraction of sp³-hybridized carbons (Fsp3) is 0.417. The zero-order valence-corrected chi connectivity index (χ0v) is 12.0. The molecular formula is C12H15N3OS2. The van der Waals surface area contributed by atoms with Gasteiger partial charge in [-0.1, -0.05) is 25.6 Å². The van der Waals surface area contributed by atoms with Crippen LogP contribution >= 0.6 is 23.3 Å². The number of aryl methyl sites for hydroxylation is 1. The Morgan fingerprint density at radius 3 is 2.78 bits per heavy atom. The summed E-state index contributed by atoms with van der Waals surface area (Å²) >= 11 is 2.96. The largest absolute Gasteiger partial charge is 0.387 e. The molecule has 4 nitrogen and oxygen atoms in total. The van der Waals surface area contributed by atoms with Crippen LogP contribution in [-0.4, -0.2) is 19.4 Å². The molecule has 0 aliphatic heterocycles. The molecule has 0 fully saturated rings. The lowest BCUT2D eigenvalue weighted by molar-refractivity contribution is 0.169. The second-order valence-corrected chi connectivity index (χ2v) is 5.85. The van der Waals surface area contributed by atoms with Gasteiger partial charge in [-0.15, -0.1) is 0 Å². The van der Waals surface area contributed by atoms with Gasteiger partial charge in [-0.2, -0.15) is 4.37 Å². The lowest BCUT2D eigenvalue weighted by Crippen LogP contribution is -1.97. The van der Waals surface area contributed by atoms with Crippen LogP contribution in [-0.2, 0) is 6.42 Å². The maximum absolute atomic E-state index is 9.66. The summed E-state index contributed by atoms with van der Waals surface area (Å²) < 4.78 is 5.17. The van der Waals surface area contributed by atoms with Gasteiger partial charge >= 0.3 is 0 Å². The van der Waals surface area contributed by atoms with Gasteiger partial charge in [0.15, 0.2) is 4.34 Å². The van der Waals surface area contributed by atoms with Gasteiger partial charge in [0.2, 0.25) is 0 Å². The van der Waals surface area contributed by atoms with E-state index in [1.807, 2.05) is 26.0 Å². The van der Waals surface area contributed by atoms with Crippen molar-refractivity contribution in [1.29, 1.82) is 0 Å². The molecule has 2 aromatic heterocycles. The van der Waals surface area contributed by atoms with E-state index < -0.39 is 6.10 Å². The Bertz CT molecular complexity index is 498. The molecule has 1 N–H and O–H groups in total. The highest BCUT2D eigenvalue weighted by atomic mass is 32.2. The fourth-order valence-corrected chi connectivity index (χ4v) is 3.03. The van der Waals surface area contributed by atoms with Crippen LogP contribution in [0, 0.1) is 0 Å². The molecular weight excluding hydrogens is 266 g/mol. The predicted molar refractivity (Wildman–Crippen MR) is 72.9 cm³/mol. The van der Waals surface area contributed by atoms with Crippen LogP contribution in [0.1, 0.15) is 37.9 Å². The summed E-state index contributed by atoms with van der Waals surface area (Å²) in [5.41, 5.74) is 0.716. The van der Waals surface area contributed by atoms with Crippen molar-refractivity contribution < 1.29 is 5.11 Å². The Labute approximate surface area is 115 Å². The average molecular weight is 281 g/mol. The number of nitrogens with zero attached hydrogens (tertiary/aromatic N) is 3. The van der Waals surface area contributed by atoms with Crippen molar-refractivity contribution in [2.75, 3.05) is 0 Å². The number of aliphatic hydroxyl groups is 1. The van der Waals surface area contributed by atoms with Crippen LogP contribution in [0.5, 0.6) is 0 Å². The van der Waals surface area contributed by atoms with E-state index in [0.29, 0.717) is 12.1 Å². The summed E-state index contributed by atoms with van der Waals surface area (Å²) in [6, 6.07) is 3.82. The van der Waals surface area contributed by atoms with E-state index in [-0.39, 0.29) is 0 Å². The van der Waals surface area contributed by atoms with Gasteiger partial charge < -0.3 is 5.11 Å². The molecule has 0 spiro atoms. The van der Waals surface area contributed by atoms with Gasteiger partial charge in [-0.05, 0) is 30.1 Å². The normalized spacial score (nSPS) is 12.6. The maximum Gasteiger partial charge on any atom is 0.174 e. The summed E-state index contributed by atoms with van der Waals surface area (Å²) in [7, 11) is 0. The van der Waals surface area contributed by atoms with E-state index in [1.165, 1.54) is 11.5 Å². The number of hydrogen-bond donors (Lipinski definition) is 1. The Hall–Kier alpha value is -0.980. The molecule has 6 heteroatoms. The van der Waals surface area contributed by atoms with Crippen LogP contribution in [0.25, 0.3) is 0 Å². The van der Waals surface area contributed by atoms with Crippen molar-refractivity contribution in [2.45, 2.75) is 42.0 Å². The fourth-order valence-electron chi connectivity index (χ4n) is 1.38. The molecule has 0 aliphatic rings. The van der Waals surface area contributed by atoms with Crippen molar-refractivity contribution in [2.24, 2.45) is 0 Å². The predicted octanol–water partition coefficient (Wildman–Crippen LogP) is 3.09. The molecule has 96 valence electrons. The molecule has 1 atom stereocenters. The summed E-state index contributed by atoms with van der Waals surface area (Å²) in [5, 5.41) is 9.66. The Morgan fingerprint density at radius 2 is 2.22 bits per heavy atom. The standard InChI is InChI=1S/C12H15N3OS2/c1-3-10(16)9-6-5-8(7-13-9)17-12-14-11(4-2)15-18-12/h5-7,10,16H,3-4H2,1-2H3/t10-/m0/s1. The van der Waals surface area contributed by atoms with E-state index in [2.05, 4.69) is 14.3 Å². The quantitative estimate of drug-likeness (QED) is 0.912. The Kier molecular flexibility index (Phi) is 4.68. The van der Waals surface area contributed by atoms with Crippen molar-refractivity contribution >= 4 is 23.3 Å². The topological polar surface area (TPSA) is 58.9 Å². The number of hydrogen-bond acceptors (Lipinski definition) is 6. The number of aliphatic hydroxyl groups excluding tert-OH is 1. The minimum atomic E-state index is -0.475. The van der Waals surface area contributed by atoms with Crippen LogP contribution < -0.4 is 0 Å². The summed E-state index contributed by atoms with van der Waals surface area (Å²) in [5.74, 6) is 0.883. The van der Waals surface area contributed by atoms with Gasteiger partial charge in [0.1, 0.15) is 5.82 Å². The molecule has 0 bridgehead atoms. The van der Waals surface area contributed by atoms with E-state index in [0.717, 1.165) is 21.5 Å². The smallest absolute Gasteiger partial charge is 0.174 e. The highest BCUT2D eigenvalue weighted by Gasteiger charge is 2.08. The first-order chi connectivity index (χ1) is 8.72. The Balaban J connectivity index is 2.06. The molecule has 2 heterocycles. The first-order valence-electron chi connectivity index (χ1n) is 5.87. The van der Waals surface area contributed by atoms with E-state index in [1.54, 1.807) is 18.0 Å². The summed E-state index contributed by atoms with van der Waals surface area (Å²) in [4.78, 5) is 9.66. The highest BCUT2D eigenvalue weighted by molar-refractivity contribution is 8.01. The first kappa shape index (κ1) is 13.5. The lowest BCUT2D eigenvalue weighted by Gasteiger charge is -2.06. The maximum atomic E-state index is 9.66. The van der Waals surface area contributed by atoms with Gasteiger partial charge in [-0.3, -0.25) is 4.98 Å². The molecule has 0 saturated heterocycles. The lowest BCUT2D eigenvalue weighted by atomic mass is 10.2. The van der Waals surface area contributed by atoms with Crippen molar-refractivity contribution in [3.63, 3.8) is 0 Å². The van der Waals surface area contributed by atoms with Crippen LogP contribution in [0.3, 0.4) is 0 Å². The molecule has 2 rings (SSSR count). The molecule has 0 aliphatic carbocycles. The van der Waals surface area contributed by atoms with E-state index >= 15 is 0 Å². The Morgan fingerprint density at radius 1 is 1.39 bits per heavy atom. The average Bonchev–Trinajstić information content (AvgIpc) is 2.86. The van der Waals surface area contributed by atoms with Crippen LogP contribution in [0.4, 0.5) is 0 Å². The van der Waals surface area contributed by atoms with E-state index in [9.17, 15) is 5.11 Å². The molecule has 0 radical (unpaired) electrons. The molecule has 2 aromatic rings. The SMILES string of the molecule is CCc1nsc(Sc2ccc([C@@H](O)CC)nc2)n1. The highest BCUT2D eigenvalue weighted by Crippen LogP contribution is 2.29. The second kappa shape index (κ2) is 6.26. The third-order valence-electron chi connectivity index (χ3n) is 2.46. The van der Waals surface area contributed by atoms with Crippen molar-refractivity contribution in [3.8, 4) is 0 Å². The number of aromatic nitrogens is 3. The van der Waals surface area contributed by atoms with Crippen molar-refractivity contribution in [1.82, 2.24) is 14.3 Å².